The zero-order valence-electron chi connectivity index (χ0n) is 15.2. The molecule has 2 N–H and O–H groups in total. The lowest BCUT2D eigenvalue weighted by molar-refractivity contribution is -0.135. The summed E-state index contributed by atoms with van der Waals surface area (Å²) in [7, 11) is 0. The molecule has 0 radical (unpaired) electrons. The number of urea groups is 1. The minimum Gasteiger partial charge on any atom is -0.463 e. The van der Waals surface area contributed by atoms with Gasteiger partial charge in [0.25, 0.3) is 5.91 Å². The van der Waals surface area contributed by atoms with E-state index in [4.69, 9.17) is 4.42 Å². The Morgan fingerprint density at radius 2 is 1.93 bits per heavy atom. The fraction of sp³-hybridized carbons (Fsp3) is 0.316. The van der Waals surface area contributed by atoms with Crippen molar-refractivity contribution in [2.75, 3.05) is 6.54 Å². The largest absolute Gasteiger partial charge is 0.463 e. The molecule has 0 aliphatic carbocycles. The Morgan fingerprint density at radius 1 is 1.26 bits per heavy atom. The number of hydrogen-bond acceptors (Lipinski definition) is 4. The Kier molecular flexibility index (Phi) is 4.73. The second-order valence-electron chi connectivity index (χ2n) is 6.70. The molecule has 1 aliphatic heterocycles. The Hall–Kier alpha value is -3.16. The molecule has 0 unspecified atom stereocenters. The fourth-order valence-corrected chi connectivity index (χ4v) is 2.98. The maximum Gasteiger partial charge on any atom is 0.325 e. The van der Waals surface area contributed by atoms with Crippen LogP contribution in [0.15, 0.2) is 40.8 Å². The molecule has 0 bridgehead atoms. The number of benzene rings is 1. The number of nitrogens with zero attached hydrogens (tertiary/aromatic N) is 1. The first-order valence-corrected chi connectivity index (χ1v) is 8.46. The highest BCUT2D eigenvalue weighted by Gasteiger charge is 2.51. The lowest BCUT2D eigenvalue weighted by Gasteiger charge is -2.20. The summed E-state index contributed by atoms with van der Waals surface area (Å²) >= 11 is 0. The van der Waals surface area contributed by atoms with Crippen LogP contribution in [0.3, 0.4) is 0 Å². The molecule has 1 aromatic heterocycles. The lowest BCUT2D eigenvalue weighted by Crippen LogP contribution is -2.43. The second kappa shape index (κ2) is 6.86. The topological polar surface area (TPSA) is 91.7 Å². The number of halogens is 1. The number of amides is 4. The molecule has 0 spiro atoms. The van der Waals surface area contributed by atoms with Gasteiger partial charge in [-0.1, -0.05) is 12.1 Å². The Balaban J connectivity index is 1.68. The number of carbonyl (C=O) groups excluding carboxylic acids is 3. The molecule has 142 valence electrons. The standard InChI is InChI=1S/C19H20FN3O4/c1-11-4-9-15(27-11)19(3)17(25)23(18(26)22-19)10-16(24)21-12(2)13-5-7-14(20)8-6-13/h4-9,12H,10H2,1-3H3,(H,21,24)(H,22,26)/t12-,19+/m0/s1. The summed E-state index contributed by atoms with van der Waals surface area (Å²) in [6.07, 6.45) is 0. The molecule has 3 rings (SSSR count). The first-order chi connectivity index (χ1) is 12.7. The van der Waals surface area contributed by atoms with Crippen LogP contribution in [0.2, 0.25) is 0 Å². The van der Waals surface area contributed by atoms with E-state index in [2.05, 4.69) is 10.6 Å². The van der Waals surface area contributed by atoms with Gasteiger partial charge in [-0.15, -0.1) is 0 Å². The second-order valence-corrected chi connectivity index (χ2v) is 6.70. The van der Waals surface area contributed by atoms with Crippen molar-refractivity contribution in [3.63, 3.8) is 0 Å². The van der Waals surface area contributed by atoms with E-state index in [1.807, 2.05) is 0 Å². The van der Waals surface area contributed by atoms with E-state index < -0.39 is 36.0 Å². The van der Waals surface area contributed by atoms with Crippen molar-refractivity contribution in [3.8, 4) is 0 Å². The molecule has 1 aromatic carbocycles. The van der Waals surface area contributed by atoms with Gasteiger partial charge in [-0.05, 0) is 50.6 Å². The summed E-state index contributed by atoms with van der Waals surface area (Å²) in [5, 5.41) is 5.27. The van der Waals surface area contributed by atoms with Crippen molar-refractivity contribution < 1.29 is 23.2 Å². The molecule has 7 nitrogen and oxygen atoms in total. The molecule has 0 saturated carbocycles. The molecule has 1 fully saturated rings. The van der Waals surface area contributed by atoms with Gasteiger partial charge in [0.1, 0.15) is 23.9 Å². The zero-order valence-corrected chi connectivity index (χ0v) is 15.2. The summed E-state index contributed by atoms with van der Waals surface area (Å²) in [4.78, 5) is 38.1. The molecule has 27 heavy (non-hydrogen) atoms. The van der Waals surface area contributed by atoms with Crippen molar-refractivity contribution >= 4 is 17.8 Å². The number of furan rings is 1. The highest BCUT2D eigenvalue weighted by atomic mass is 19.1. The molecule has 8 heteroatoms. The number of aryl methyl sites for hydroxylation is 1. The van der Waals surface area contributed by atoms with Gasteiger partial charge in [-0.25, -0.2) is 9.18 Å². The first-order valence-electron chi connectivity index (χ1n) is 8.46. The van der Waals surface area contributed by atoms with Gasteiger partial charge < -0.3 is 15.1 Å². The van der Waals surface area contributed by atoms with Crippen molar-refractivity contribution in [3.05, 3.63) is 59.3 Å². The van der Waals surface area contributed by atoms with E-state index in [1.165, 1.54) is 19.1 Å². The molecule has 1 saturated heterocycles. The van der Waals surface area contributed by atoms with E-state index in [0.29, 0.717) is 17.1 Å². The number of carbonyl (C=O) groups is 3. The van der Waals surface area contributed by atoms with Crippen LogP contribution in [0.25, 0.3) is 0 Å². The molecular weight excluding hydrogens is 353 g/mol. The van der Waals surface area contributed by atoms with E-state index >= 15 is 0 Å². The third kappa shape index (κ3) is 3.55. The van der Waals surface area contributed by atoms with Crippen LogP contribution >= 0.6 is 0 Å². The Labute approximate surface area is 155 Å². The SMILES string of the molecule is Cc1ccc([C@@]2(C)NC(=O)N(CC(=O)N[C@@H](C)c3ccc(F)cc3)C2=O)o1. The van der Waals surface area contributed by atoms with Gasteiger partial charge in [0.2, 0.25) is 5.91 Å². The van der Waals surface area contributed by atoms with E-state index in [1.54, 1.807) is 38.1 Å². The van der Waals surface area contributed by atoms with Crippen molar-refractivity contribution in [1.82, 2.24) is 15.5 Å². The highest BCUT2D eigenvalue weighted by molar-refractivity contribution is 6.08. The number of imide groups is 1. The maximum atomic E-state index is 13.0. The van der Waals surface area contributed by atoms with Crippen molar-refractivity contribution in [2.45, 2.75) is 32.4 Å². The van der Waals surface area contributed by atoms with Crippen LogP contribution in [0, 0.1) is 12.7 Å². The van der Waals surface area contributed by atoms with Gasteiger partial charge in [0.15, 0.2) is 5.54 Å². The summed E-state index contributed by atoms with van der Waals surface area (Å²) in [5.74, 6) is -0.524. The highest BCUT2D eigenvalue weighted by Crippen LogP contribution is 2.30. The predicted molar refractivity (Wildman–Crippen MR) is 94.0 cm³/mol. The van der Waals surface area contributed by atoms with E-state index in [-0.39, 0.29) is 5.82 Å². The summed E-state index contributed by atoms with van der Waals surface area (Å²) < 4.78 is 18.5. The van der Waals surface area contributed by atoms with Gasteiger partial charge in [0, 0.05) is 0 Å². The molecular formula is C19H20FN3O4. The Bertz CT molecular complexity index is 893. The maximum absolute atomic E-state index is 13.0. The fourth-order valence-electron chi connectivity index (χ4n) is 2.98. The zero-order chi connectivity index (χ0) is 19.8. The average molecular weight is 373 g/mol. The molecule has 2 atom stereocenters. The van der Waals surface area contributed by atoms with Gasteiger partial charge >= 0.3 is 6.03 Å². The number of hydrogen-bond donors (Lipinski definition) is 2. The summed E-state index contributed by atoms with van der Waals surface area (Å²) in [5.41, 5.74) is -0.647. The molecule has 2 aromatic rings. The smallest absolute Gasteiger partial charge is 0.325 e. The van der Waals surface area contributed by atoms with E-state index in [9.17, 15) is 18.8 Å². The molecule has 4 amide bonds. The van der Waals surface area contributed by atoms with E-state index in [0.717, 1.165) is 4.90 Å². The van der Waals surface area contributed by atoms with Gasteiger partial charge in [-0.2, -0.15) is 0 Å². The van der Waals surface area contributed by atoms with Crippen LogP contribution in [0.1, 0.15) is 37.0 Å². The number of rotatable bonds is 5. The summed E-state index contributed by atoms with van der Waals surface area (Å²) in [6.45, 7) is 4.57. The van der Waals surface area contributed by atoms with Crippen LogP contribution in [-0.4, -0.2) is 29.3 Å². The third-order valence-electron chi connectivity index (χ3n) is 4.56. The normalized spacial score (nSPS) is 20.5. The van der Waals surface area contributed by atoms with Crippen molar-refractivity contribution in [2.24, 2.45) is 0 Å². The van der Waals surface area contributed by atoms with Gasteiger partial charge in [0.05, 0.1) is 6.04 Å². The average Bonchev–Trinajstić information content (AvgIpc) is 3.14. The van der Waals surface area contributed by atoms with Crippen LogP contribution in [0.4, 0.5) is 9.18 Å². The first kappa shape index (κ1) is 18.6. The minimum atomic E-state index is -1.35. The minimum absolute atomic E-state index is 0.306. The van der Waals surface area contributed by atoms with Crippen LogP contribution in [0.5, 0.6) is 0 Å². The lowest BCUT2D eigenvalue weighted by atomic mass is 9.99. The molecule has 2 heterocycles. The Morgan fingerprint density at radius 3 is 2.52 bits per heavy atom. The van der Waals surface area contributed by atoms with Gasteiger partial charge in [-0.3, -0.25) is 14.5 Å². The molecule has 1 aliphatic rings. The van der Waals surface area contributed by atoms with Crippen LogP contribution in [-0.2, 0) is 15.1 Å². The van der Waals surface area contributed by atoms with Crippen molar-refractivity contribution in [1.29, 1.82) is 0 Å². The van der Waals surface area contributed by atoms with Crippen LogP contribution < -0.4 is 10.6 Å². The quantitative estimate of drug-likeness (QED) is 0.787. The summed E-state index contributed by atoms with van der Waals surface area (Å²) in [6, 6.07) is 7.96. The number of nitrogens with one attached hydrogen (secondary N) is 2. The monoisotopic (exact) mass is 373 g/mol. The predicted octanol–water partition coefficient (Wildman–Crippen LogP) is 2.37. The third-order valence-corrected chi connectivity index (χ3v) is 4.56.